The molecule has 0 saturated heterocycles. The van der Waals surface area contributed by atoms with Crippen LogP contribution in [-0.4, -0.2) is 19.3 Å². The van der Waals surface area contributed by atoms with Crippen molar-refractivity contribution in [1.82, 2.24) is 0 Å². The van der Waals surface area contributed by atoms with Crippen LogP contribution >= 0.6 is 0 Å². The topological polar surface area (TPSA) is 44.5 Å². The van der Waals surface area contributed by atoms with Gasteiger partial charge in [0, 0.05) is 35.6 Å². The highest BCUT2D eigenvalue weighted by molar-refractivity contribution is 5.56. The minimum atomic E-state index is 0.167. The molecule has 0 aromatic heterocycles. The molecule has 0 spiro atoms. The molecule has 0 unspecified atom stereocenters. The quantitative estimate of drug-likeness (QED) is 0.818. The Bertz CT molecular complexity index is 394. The molecule has 1 atom stereocenters. The van der Waals surface area contributed by atoms with Gasteiger partial charge in [0.25, 0.3) is 0 Å². The highest BCUT2D eigenvalue weighted by Gasteiger charge is 2.26. The summed E-state index contributed by atoms with van der Waals surface area (Å²) < 4.78 is 11.4. The van der Waals surface area contributed by atoms with Crippen LogP contribution in [0.25, 0.3) is 0 Å². The van der Waals surface area contributed by atoms with E-state index in [9.17, 15) is 0 Å². The fraction of sp³-hybridized carbons (Fsp3) is 0.538. The second-order valence-electron chi connectivity index (χ2n) is 4.70. The van der Waals surface area contributed by atoms with Gasteiger partial charge in [0.15, 0.2) is 0 Å². The predicted octanol–water partition coefficient (Wildman–Crippen LogP) is 1.45. The van der Waals surface area contributed by atoms with E-state index in [1.807, 2.05) is 6.92 Å². The molecule has 1 aromatic rings. The molecule has 3 nitrogen and oxygen atoms in total. The summed E-state index contributed by atoms with van der Waals surface area (Å²) in [6.45, 7) is 3.63. The van der Waals surface area contributed by atoms with Crippen LogP contribution in [0.4, 0.5) is 0 Å². The van der Waals surface area contributed by atoms with E-state index >= 15 is 0 Å². The lowest BCUT2D eigenvalue weighted by molar-refractivity contribution is 0.352. The second kappa shape index (κ2) is 3.67. The molecule has 86 valence electrons. The van der Waals surface area contributed by atoms with E-state index in [0.717, 1.165) is 44.0 Å². The highest BCUT2D eigenvalue weighted by Crippen LogP contribution is 2.40. The van der Waals surface area contributed by atoms with Gasteiger partial charge >= 0.3 is 0 Å². The lowest BCUT2D eigenvalue weighted by atomic mass is 9.95. The van der Waals surface area contributed by atoms with E-state index in [1.54, 1.807) is 0 Å². The Morgan fingerprint density at radius 1 is 1.31 bits per heavy atom. The maximum atomic E-state index is 5.92. The Balaban J connectivity index is 2.12. The van der Waals surface area contributed by atoms with Gasteiger partial charge in [-0.1, -0.05) is 0 Å². The molecule has 0 saturated carbocycles. The number of hydrogen-bond donors (Lipinski definition) is 1. The molecule has 2 aliphatic heterocycles. The monoisotopic (exact) mass is 219 g/mol. The van der Waals surface area contributed by atoms with Crippen LogP contribution in [0.1, 0.15) is 23.6 Å². The van der Waals surface area contributed by atoms with Crippen molar-refractivity contribution in [3.05, 3.63) is 22.8 Å². The molecular weight excluding hydrogens is 202 g/mol. The lowest BCUT2D eigenvalue weighted by Gasteiger charge is -2.14. The molecule has 2 heterocycles. The first-order chi connectivity index (χ1) is 7.75. The van der Waals surface area contributed by atoms with Crippen LogP contribution in [0.2, 0.25) is 0 Å². The molecule has 2 aliphatic rings. The molecule has 0 bridgehead atoms. The summed E-state index contributed by atoms with van der Waals surface area (Å²) >= 11 is 0. The normalized spacial score (nSPS) is 18.6. The first-order valence-electron chi connectivity index (χ1n) is 5.94. The molecule has 1 aromatic carbocycles. The summed E-state index contributed by atoms with van der Waals surface area (Å²) in [6, 6.07) is 2.32. The smallest absolute Gasteiger partial charge is 0.126 e. The summed E-state index contributed by atoms with van der Waals surface area (Å²) in [7, 11) is 0. The zero-order chi connectivity index (χ0) is 11.1. The van der Waals surface area contributed by atoms with Crippen molar-refractivity contribution in [1.29, 1.82) is 0 Å². The van der Waals surface area contributed by atoms with Crippen molar-refractivity contribution in [2.24, 2.45) is 5.73 Å². The van der Waals surface area contributed by atoms with Crippen molar-refractivity contribution in [2.45, 2.75) is 32.2 Å². The Kier molecular flexibility index (Phi) is 2.28. The molecule has 3 heteroatoms. The molecule has 2 N–H and O–H groups in total. The van der Waals surface area contributed by atoms with Crippen molar-refractivity contribution >= 4 is 0 Å². The lowest BCUT2D eigenvalue weighted by Crippen LogP contribution is -2.19. The van der Waals surface area contributed by atoms with Gasteiger partial charge in [0.1, 0.15) is 11.5 Å². The minimum Gasteiger partial charge on any atom is -0.493 e. The van der Waals surface area contributed by atoms with Crippen LogP contribution in [0.5, 0.6) is 11.5 Å². The van der Waals surface area contributed by atoms with Crippen LogP contribution in [0.3, 0.4) is 0 Å². The number of ether oxygens (including phenoxy) is 2. The number of rotatable bonds is 2. The van der Waals surface area contributed by atoms with Gasteiger partial charge < -0.3 is 15.2 Å². The van der Waals surface area contributed by atoms with Gasteiger partial charge in [-0.2, -0.15) is 0 Å². The molecule has 0 amide bonds. The minimum absolute atomic E-state index is 0.167. The van der Waals surface area contributed by atoms with E-state index < -0.39 is 0 Å². The third-order valence-electron chi connectivity index (χ3n) is 3.29. The van der Waals surface area contributed by atoms with Gasteiger partial charge in [-0.25, -0.2) is 0 Å². The van der Waals surface area contributed by atoms with Crippen molar-refractivity contribution in [3.63, 3.8) is 0 Å². The number of fused-ring (bicyclic) bond motifs is 2. The first kappa shape index (κ1) is 9.97. The Morgan fingerprint density at radius 2 is 2.12 bits per heavy atom. The average Bonchev–Trinajstić information content (AvgIpc) is 2.83. The summed E-state index contributed by atoms with van der Waals surface area (Å²) in [5, 5.41) is 0. The van der Waals surface area contributed by atoms with E-state index in [1.165, 1.54) is 16.7 Å². The van der Waals surface area contributed by atoms with Gasteiger partial charge in [-0.15, -0.1) is 0 Å². The Morgan fingerprint density at radius 3 is 2.94 bits per heavy atom. The van der Waals surface area contributed by atoms with Crippen LogP contribution in [-0.2, 0) is 19.3 Å². The largest absolute Gasteiger partial charge is 0.493 e. The van der Waals surface area contributed by atoms with E-state index in [0.29, 0.717) is 0 Å². The van der Waals surface area contributed by atoms with E-state index in [4.69, 9.17) is 15.2 Å². The van der Waals surface area contributed by atoms with Crippen molar-refractivity contribution < 1.29 is 9.47 Å². The van der Waals surface area contributed by atoms with E-state index in [-0.39, 0.29) is 6.04 Å². The van der Waals surface area contributed by atoms with Crippen molar-refractivity contribution in [2.75, 3.05) is 13.2 Å². The number of nitrogens with two attached hydrogens (primary N) is 1. The van der Waals surface area contributed by atoms with E-state index in [2.05, 4.69) is 6.07 Å². The Labute approximate surface area is 95.5 Å². The summed E-state index contributed by atoms with van der Waals surface area (Å²) in [4.78, 5) is 0. The van der Waals surface area contributed by atoms with Crippen LogP contribution < -0.4 is 15.2 Å². The molecule has 0 radical (unpaired) electrons. The number of hydrogen-bond acceptors (Lipinski definition) is 3. The third kappa shape index (κ3) is 1.47. The highest BCUT2D eigenvalue weighted by atomic mass is 16.5. The predicted molar refractivity (Wildman–Crippen MR) is 62.2 cm³/mol. The first-order valence-corrected chi connectivity index (χ1v) is 5.94. The molecule has 3 rings (SSSR count). The standard InChI is InChI=1S/C13H17NO2/c1-8(14)6-11-10-3-5-15-12(10)7-9-2-4-16-13(9)11/h7-8H,2-6,14H2,1H3/t8-/m1/s1. The maximum absolute atomic E-state index is 5.92. The average molecular weight is 219 g/mol. The summed E-state index contributed by atoms with van der Waals surface area (Å²) in [5.74, 6) is 2.14. The zero-order valence-corrected chi connectivity index (χ0v) is 9.58. The second-order valence-corrected chi connectivity index (χ2v) is 4.70. The molecule has 16 heavy (non-hydrogen) atoms. The number of benzene rings is 1. The van der Waals surface area contributed by atoms with Crippen LogP contribution in [0, 0.1) is 0 Å². The SMILES string of the molecule is C[C@@H](N)Cc1c2c(cc3c1OCC3)OCC2. The summed E-state index contributed by atoms with van der Waals surface area (Å²) in [5.41, 5.74) is 9.81. The molecular formula is C13H17NO2. The molecule has 0 aliphatic carbocycles. The van der Waals surface area contributed by atoms with Crippen molar-refractivity contribution in [3.8, 4) is 11.5 Å². The van der Waals surface area contributed by atoms with Gasteiger partial charge in [0.05, 0.1) is 13.2 Å². The summed E-state index contributed by atoms with van der Waals surface area (Å²) in [6.07, 6.45) is 2.88. The fourth-order valence-corrected chi connectivity index (χ4v) is 2.62. The fourth-order valence-electron chi connectivity index (χ4n) is 2.62. The third-order valence-corrected chi connectivity index (χ3v) is 3.29. The van der Waals surface area contributed by atoms with Gasteiger partial charge in [-0.3, -0.25) is 0 Å². The Hall–Kier alpha value is -1.22. The zero-order valence-electron chi connectivity index (χ0n) is 9.58. The molecule has 0 fully saturated rings. The maximum Gasteiger partial charge on any atom is 0.126 e. The van der Waals surface area contributed by atoms with Gasteiger partial charge in [-0.05, 0) is 19.4 Å². The van der Waals surface area contributed by atoms with Crippen LogP contribution in [0.15, 0.2) is 6.07 Å². The van der Waals surface area contributed by atoms with Gasteiger partial charge in [0.2, 0.25) is 0 Å².